The fourth-order valence-corrected chi connectivity index (χ4v) is 9.48. The molecule has 2 heteroatoms. The molecule has 0 N–H and O–H groups in total. The molecule has 0 saturated carbocycles. The van der Waals surface area contributed by atoms with Gasteiger partial charge in [-0.3, -0.25) is 0 Å². The zero-order chi connectivity index (χ0) is 32.7. The predicted molar refractivity (Wildman–Crippen MR) is 212 cm³/mol. The van der Waals surface area contributed by atoms with Gasteiger partial charge in [-0.2, -0.15) is 0 Å². The molecular formula is C47H33NS. The van der Waals surface area contributed by atoms with Crippen molar-refractivity contribution in [3.63, 3.8) is 0 Å². The van der Waals surface area contributed by atoms with Gasteiger partial charge in [0.2, 0.25) is 0 Å². The quantitative estimate of drug-likeness (QED) is 0.184. The van der Waals surface area contributed by atoms with Crippen LogP contribution in [0.2, 0.25) is 0 Å². The van der Waals surface area contributed by atoms with Crippen LogP contribution in [0, 0.1) is 0 Å². The first kappa shape index (κ1) is 28.3. The van der Waals surface area contributed by atoms with Crippen LogP contribution in [0.25, 0.3) is 64.0 Å². The zero-order valence-corrected chi connectivity index (χ0v) is 28.3. The summed E-state index contributed by atoms with van der Waals surface area (Å²) in [6, 6.07) is 60.7. The summed E-state index contributed by atoms with van der Waals surface area (Å²) >= 11 is 1.89. The second-order valence-electron chi connectivity index (χ2n) is 13.7. The van der Waals surface area contributed by atoms with E-state index in [0.29, 0.717) is 0 Å². The Labute approximate surface area is 290 Å². The Balaban J connectivity index is 1.25. The summed E-state index contributed by atoms with van der Waals surface area (Å²) in [6.45, 7) is 4.70. The maximum absolute atomic E-state index is 2.48. The number of hydrogen-bond donors (Lipinski definition) is 0. The Kier molecular flexibility index (Phi) is 6.16. The second-order valence-corrected chi connectivity index (χ2v) is 14.8. The van der Waals surface area contributed by atoms with Crippen LogP contribution >= 0.6 is 11.3 Å². The monoisotopic (exact) mass is 643 g/mol. The van der Waals surface area contributed by atoms with Crippen molar-refractivity contribution < 1.29 is 0 Å². The van der Waals surface area contributed by atoms with Gasteiger partial charge in [-0.15, -0.1) is 11.3 Å². The molecule has 0 aliphatic heterocycles. The summed E-state index contributed by atoms with van der Waals surface area (Å²) in [5.74, 6) is 0. The molecule has 1 aromatic heterocycles. The van der Waals surface area contributed by atoms with Crippen LogP contribution in [-0.2, 0) is 5.41 Å². The van der Waals surface area contributed by atoms with E-state index in [9.17, 15) is 0 Å². The van der Waals surface area contributed by atoms with Gasteiger partial charge in [0.15, 0.2) is 0 Å². The summed E-state index contributed by atoms with van der Waals surface area (Å²) in [4.78, 5) is 2.48. The minimum atomic E-state index is -0.0482. The van der Waals surface area contributed by atoms with E-state index in [1.54, 1.807) is 0 Å². The van der Waals surface area contributed by atoms with Gasteiger partial charge in [0.25, 0.3) is 0 Å². The molecule has 1 aliphatic carbocycles. The van der Waals surface area contributed by atoms with Gasteiger partial charge >= 0.3 is 0 Å². The first-order chi connectivity index (χ1) is 24.1. The number of thiophene rings is 1. The summed E-state index contributed by atoms with van der Waals surface area (Å²) in [5, 5.41) is 7.72. The van der Waals surface area contributed by atoms with Crippen LogP contribution < -0.4 is 4.90 Å². The average molecular weight is 644 g/mol. The van der Waals surface area contributed by atoms with Crippen LogP contribution in [0.4, 0.5) is 17.1 Å². The van der Waals surface area contributed by atoms with Crippen molar-refractivity contribution in [3.8, 4) is 22.3 Å². The van der Waals surface area contributed by atoms with Gasteiger partial charge in [-0.05, 0) is 85.8 Å². The number of fused-ring (bicyclic) bond motifs is 9. The molecule has 232 valence electrons. The molecule has 0 unspecified atom stereocenters. The lowest BCUT2D eigenvalue weighted by Crippen LogP contribution is -2.15. The number of benzene rings is 8. The third-order valence-electron chi connectivity index (χ3n) is 10.7. The number of rotatable bonds is 4. The largest absolute Gasteiger partial charge is 0.310 e. The number of nitrogens with zero attached hydrogens (tertiary/aromatic N) is 1. The van der Waals surface area contributed by atoms with Gasteiger partial charge in [0.1, 0.15) is 0 Å². The fourth-order valence-electron chi connectivity index (χ4n) is 8.26. The van der Waals surface area contributed by atoms with Gasteiger partial charge in [0, 0.05) is 42.5 Å². The molecule has 0 fully saturated rings. The normalized spacial score (nSPS) is 13.3. The van der Waals surface area contributed by atoms with Gasteiger partial charge in [-0.1, -0.05) is 141 Å². The zero-order valence-electron chi connectivity index (χ0n) is 27.4. The highest BCUT2D eigenvalue weighted by atomic mass is 32.1. The Bertz CT molecular complexity index is 2760. The van der Waals surface area contributed by atoms with Crippen LogP contribution in [-0.4, -0.2) is 0 Å². The highest BCUT2D eigenvalue weighted by molar-refractivity contribution is 7.26. The molecular weight excluding hydrogens is 611 g/mol. The predicted octanol–water partition coefficient (Wildman–Crippen LogP) is 13.8. The van der Waals surface area contributed by atoms with Crippen molar-refractivity contribution in [1.82, 2.24) is 0 Å². The molecule has 10 rings (SSSR count). The summed E-state index contributed by atoms with van der Waals surface area (Å²) in [5.41, 5.74) is 11.3. The van der Waals surface area contributed by atoms with E-state index >= 15 is 0 Å². The lowest BCUT2D eigenvalue weighted by molar-refractivity contribution is 0.660. The van der Waals surface area contributed by atoms with Crippen molar-refractivity contribution in [1.29, 1.82) is 0 Å². The van der Waals surface area contributed by atoms with E-state index in [1.165, 1.54) is 75.1 Å². The van der Waals surface area contributed by atoms with Crippen molar-refractivity contribution in [2.75, 3.05) is 4.90 Å². The van der Waals surface area contributed by atoms with Crippen molar-refractivity contribution in [3.05, 3.63) is 175 Å². The fraction of sp³-hybridized carbons (Fsp3) is 0.0638. The minimum absolute atomic E-state index is 0.0482. The SMILES string of the molecule is CC1(C)c2ccccc2-c2cc(N(c3ccc4sc5c6ccccc6ccc5c4c3)c3ccccc3-c3cccc4ccccc34)ccc21. The maximum Gasteiger partial charge on any atom is 0.0540 e. The molecule has 9 aromatic rings. The van der Waals surface area contributed by atoms with E-state index in [0.717, 1.165) is 17.1 Å². The molecule has 0 bridgehead atoms. The van der Waals surface area contributed by atoms with Gasteiger partial charge < -0.3 is 4.90 Å². The lowest BCUT2D eigenvalue weighted by atomic mass is 9.82. The highest BCUT2D eigenvalue weighted by Crippen LogP contribution is 2.52. The Morgan fingerprint density at radius 2 is 1.06 bits per heavy atom. The van der Waals surface area contributed by atoms with E-state index in [4.69, 9.17) is 0 Å². The molecule has 0 radical (unpaired) electrons. The van der Waals surface area contributed by atoms with Crippen LogP contribution in [0.1, 0.15) is 25.0 Å². The third-order valence-corrected chi connectivity index (χ3v) is 11.9. The van der Waals surface area contributed by atoms with Gasteiger partial charge in [-0.25, -0.2) is 0 Å². The molecule has 49 heavy (non-hydrogen) atoms. The highest BCUT2D eigenvalue weighted by Gasteiger charge is 2.35. The van der Waals surface area contributed by atoms with Crippen molar-refractivity contribution in [2.45, 2.75) is 19.3 Å². The van der Waals surface area contributed by atoms with E-state index in [-0.39, 0.29) is 5.41 Å². The molecule has 8 aromatic carbocycles. The van der Waals surface area contributed by atoms with Crippen LogP contribution in [0.5, 0.6) is 0 Å². The number of para-hydroxylation sites is 1. The smallest absolute Gasteiger partial charge is 0.0540 e. The van der Waals surface area contributed by atoms with E-state index in [1.807, 2.05) is 11.3 Å². The second kappa shape index (κ2) is 10.7. The molecule has 1 heterocycles. The maximum atomic E-state index is 2.48. The van der Waals surface area contributed by atoms with Crippen molar-refractivity contribution in [2.24, 2.45) is 0 Å². The Morgan fingerprint density at radius 3 is 1.94 bits per heavy atom. The van der Waals surface area contributed by atoms with Crippen LogP contribution in [0.3, 0.4) is 0 Å². The summed E-state index contributed by atoms with van der Waals surface area (Å²) in [6.07, 6.45) is 0. The summed E-state index contributed by atoms with van der Waals surface area (Å²) < 4.78 is 2.66. The molecule has 0 amide bonds. The molecule has 1 aliphatic rings. The number of anilines is 3. The number of hydrogen-bond acceptors (Lipinski definition) is 2. The van der Waals surface area contributed by atoms with E-state index < -0.39 is 0 Å². The average Bonchev–Trinajstić information content (AvgIpc) is 3.64. The molecule has 0 spiro atoms. The molecule has 0 saturated heterocycles. The third kappa shape index (κ3) is 4.24. The lowest BCUT2D eigenvalue weighted by Gasteiger charge is -2.29. The molecule has 1 nitrogen and oxygen atoms in total. The van der Waals surface area contributed by atoms with E-state index in [2.05, 4.69) is 183 Å². The first-order valence-electron chi connectivity index (χ1n) is 17.0. The topological polar surface area (TPSA) is 3.24 Å². The molecule has 0 atom stereocenters. The first-order valence-corrected chi connectivity index (χ1v) is 17.8. The standard InChI is InChI=1S/C47H33NS/c1-47(2)42-20-9-7-17-37(42)40-28-32(23-26-43(40)47)48(44-21-10-8-18-38(44)36-19-11-14-30-12-3-5-15-34(30)36)33-24-27-45-41(29-33)39-25-22-31-13-4-6-16-35(31)46(39)49-45/h3-29H,1-2H3. The van der Waals surface area contributed by atoms with Crippen molar-refractivity contribution >= 4 is 70.1 Å². The Morgan fingerprint density at radius 1 is 0.429 bits per heavy atom. The van der Waals surface area contributed by atoms with Gasteiger partial charge in [0.05, 0.1) is 5.69 Å². The Hall–Kier alpha value is -5.70. The summed E-state index contributed by atoms with van der Waals surface area (Å²) in [7, 11) is 0. The minimum Gasteiger partial charge on any atom is -0.310 e. The van der Waals surface area contributed by atoms with Crippen LogP contribution in [0.15, 0.2) is 164 Å².